The molecule has 0 aromatic heterocycles. The van der Waals surface area contributed by atoms with Crippen LogP contribution in [0.5, 0.6) is 11.5 Å². The summed E-state index contributed by atoms with van der Waals surface area (Å²) in [5.74, 6) is -1.10. The predicted octanol–water partition coefficient (Wildman–Crippen LogP) is 6.71. The van der Waals surface area contributed by atoms with Gasteiger partial charge in [-0.05, 0) is 81.3 Å². The zero-order chi connectivity index (χ0) is 25.1. The van der Waals surface area contributed by atoms with E-state index < -0.39 is 22.9 Å². The third-order valence-electron chi connectivity index (χ3n) is 5.00. The van der Waals surface area contributed by atoms with Gasteiger partial charge in [0.1, 0.15) is 5.82 Å². The second kappa shape index (κ2) is 10.6. The first-order valence-corrected chi connectivity index (χ1v) is 12.1. The summed E-state index contributed by atoms with van der Waals surface area (Å²) in [6, 6.07) is 15.4. The average molecular weight is 577 g/mol. The van der Waals surface area contributed by atoms with Crippen LogP contribution in [0, 0.1) is 5.82 Å². The highest BCUT2D eigenvalue weighted by atomic mass is 79.9. The van der Waals surface area contributed by atoms with Crippen LogP contribution in [0.15, 0.2) is 70.0 Å². The molecule has 2 amide bonds. The fourth-order valence-corrected chi connectivity index (χ4v) is 4.76. The summed E-state index contributed by atoms with van der Waals surface area (Å²) in [5.41, 5.74) is 1.37. The van der Waals surface area contributed by atoms with Crippen LogP contribution in [0.25, 0.3) is 6.08 Å². The fourth-order valence-electron chi connectivity index (χ4n) is 3.25. The molecule has 0 unspecified atom stereocenters. The summed E-state index contributed by atoms with van der Waals surface area (Å²) in [7, 11) is 1.43. The zero-order valence-electron chi connectivity index (χ0n) is 18.1. The minimum Gasteiger partial charge on any atom is -0.493 e. The van der Waals surface area contributed by atoms with Gasteiger partial charge < -0.3 is 9.47 Å². The molecule has 178 valence electrons. The molecular formula is C25H16BrClFNO5S. The lowest BCUT2D eigenvalue weighted by molar-refractivity contribution is -0.123. The van der Waals surface area contributed by atoms with E-state index in [1.807, 2.05) is 0 Å². The van der Waals surface area contributed by atoms with Gasteiger partial charge in [0.15, 0.2) is 11.5 Å². The van der Waals surface area contributed by atoms with Crippen molar-refractivity contribution in [2.24, 2.45) is 0 Å². The van der Waals surface area contributed by atoms with Crippen LogP contribution in [0.2, 0.25) is 5.02 Å². The predicted molar refractivity (Wildman–Crippen MR) is 135 cm³/mol. The molecule has 6 nitrogen and oxygen atoms in total. The minimum atomic E-state index is -0.566. The number of benzene rings is 3. The van der Waals surface area contributed by atoms with Crippen molar-refractivity contribution in [1.82, 2.24) is 4.90 Å². The second-order valence-electron chi connectivity index (χ2n) is 7.28. The van der Waals surface area contributed by atoms with Crippen LogP contribution in [0.1, 0.15) is 21.5 Å². The fraction of sp³-hybridized carbons (Fsp3) is 0.0800. The molecule has 3 aromatic carbocycles. The van der Waals surface area contributed by atoms with Crippen LogP contribution < -0.4 is 9.47 Å². The molecule has 1 fully saturated rings. The van der Waals surface area contributed by atoms with Gasteiger partial charge in [0.2, 0.25) is 0 Å². The van der Waals surface area contributed by atoms with E-state index in [1.165, 1.54) is 19.2 Å². The van der Waals surface area contributed by atoms with Gasteiger partial charge in [-0.25, -0.2) is 9.18 Å². The van der Waals surface area contributed by atoms with Crippen molar-refractivity contribution in [1.29, 1.82) is 0 Å². The number of esters is 1. The Morgan fingerprint density at radius 2 is 1.89 bits per heavy atom. The number of imide groups is 1. The van der Waals surface area contributed by atoms with E-state index in [0.717, 1.165) is 22.7 Å². The number of halogens is 3. The van der Waals surface area contributed by atoms with Gasteiger partial charge in [-0.15, -0.1) is 0 Å². The summed E-state index contributed by atoms with van der Waals surface area (Å²) >= 11 is 10.1. The summed E-state index contributed by atoms with van der Waals surface area (Å²) in [4.78, 5) is 39.1. The van der Waals surface area contributed by atoms with Crippen molar-refractivity contribution in [3.63, 3.8) is 0 Å². The zero-order valence-corrected chi connectivity index (χ0v) is 21.2. The van der Waals surface area contributed by atoms with Crippen molar-refractivity contribution in [2.45, 2.75) is 6.54 Å². The topological polar surface area (TPSA) is 72.9 Å². The van der Waals surface area contributed by atoms with Crippen molar-refractivity contribution in [3.8, 4) is 11.5 Å². The van der Waals surface area contributed by atoms with E-state index >= 15 is 0 Å². The molecule has 3 aromatic rings. The summed E-state index contributed by atoms with van der Waals surface area (Å²) < 4.78 is 24.7. The third-order valence-corrected chi connectivity index (χ3v) is 6.95. The highest BCUT2D eigenvalue weighted by molar-refractivity contribution is 9.10. The Kier molecular flexibility index (Phi) is 7.59. The molecule has 0 aliphatic carbocycles. The molecule has 10 heteroatoms. The maximum absolute atomic E-state index is 13.3. The number of methoxy groups -OCH3 is 1. The Bertz CT molecular complexity index is 1380. The number of ether oxygens (including phenoxy) is 2. The van der Waals surface area contributed by atoms with Gasteiger partial charge in [-0.1, -0.05) is 35.9 Å². The van der Waals surface area contributed by atoms with Crippen LogP contribution in [-0.4, -0.2) is 29.1 Å². The number of carbonyl (C=O) groups excluding carboxylic acids is 3. The van der Waals surface area contributed by atoms with Crippen molar-refractivity contribution in [2.75, 3.05) is 7.11 Å². The second-order valence-corrected chi connectivity index (χ2v) is 9.54. The molecule has 0 radical (unpaired) electrons. The maximum atomic E-state index is 13.3. The Morgan fingerprint density at radius 3 is 2.60 bits per heavy atom. The number of nitrogens with zero attached hydrogens (tertiary/aromatic N) is 1. The molecule has 0 saturated carbocycles. The first-order valence-electron chi connectivity index (χ1n) is 10.1. The Hall–Kier alpha value is -3.14. The lowest BCUT2D eigenvalue weighted by Gasteiger charge is -2.13. The normalized spacial score (nSPS) is 14.5. The van der Waals surface area contributed by atoms with Gasteiger partial charge in [0, 0.05) is 9.50 Å². The Labute approximate surface area is 217 Å². The van der Waals surface area contributed by atoms with Crippen LogP contribution in [0.4, 0.5) is 9.18 Å². The number of thioether (sulfide) groups is 1. The van der Waals surface area contributed by atoms with Crippen molar-refractivity contribution < 1.29 is 28.2 Å². The maximum Gasteiger partial charge on any atom is 0.344 e. The van der Waals surface area contributed by atoms with E-state index in [-0.39, 0.29) is 28.0 Å². The summed E-state index contributed by atoms with van der Waals surface area (Å²) in [6.07, 6.45) is 1.54. The lowest BCUT2D eigenvalue weighted by Crippen LogP contribution is -2.27. The molecule has 35 heavy (non-hydrogen) atoms. The van der Waals surface area contributed by atoms with Gasteiger partial charge >= 0.3 is 5.97 Å². The molecule has 0 bridgehead atoms. The monoisotopic (exact) mass is 575 g/mol. The molecule has 1 aliphatic heterocycles. The SMILES string of the molecule is COc1cc(/C=C2\SC(=O)N(Cc3ccc(F)cc3Cl)C2=O)ccc1OC(=O)c1ccccc1Br. The molecule has 0 N–H and O–H groups in total. The van der Waals surface area contributed by atoms with E-state index in [2.05, 4.69) is 15.9 Å². The number of hydrogen-bond donors (Lipinski definition) is 0. The van der Waals surface area contributed by atoms with E-state index in [4.69, 9.17) is 21.1 Å². The molecule has 0 spiro atoms. The smallest absolute Gasteiger partial charge is 0.344 e. The summed E-state index contributed by atoms with van der Waals surface area (Å²) in [6.45, 7) is -0.0750. The third kappa shape index (κ3) is 5.58. The molecule has 1 aliphatic rings. The first kappa shape index (κ1) is 25.0. The van der Waals surface area contributed by atoms with Gasteiger partial charge in [-0.3, -0.25) is 14.5 Å². The molecular weight excluding hydrogens is 561 g/mol. The average Bonchev–Trinajstić information content (AvgIpc) is 3.09. The van der Waals surface area contributed by atoms with E-state index in [9.17, 15) is 18.8 Å². The van der Waals surface area contributed by atoms with Crippen LogP contribution in [-0.2, 0) is 11.3 Å². The highest BCUT2D eigenvalue weighted by Gasteiger charge is 2.35. The molecule has 1 heterocycles. The minimum absolute atomic E-state index is 0.0750. The van der Waals surface area contributed by atoms with Crippen LogP contribution in [0.3, 0.4) is 0 Å². The number of carbonyl (C=O) groups is 3. The van der Waals surface area contributed by atoms with E-state index in [1.54, 1.807) is 48.5 Å². The molecule has 1 saturated heterocycles. The lowest BCUT2D eigenvalue weighted by atomic mass is 10.1. The highest BCUT2D eigenvalue weighted by Crippen LogP contribution is 2.36. The summed E-state index contributed by atoms with van der Waals surface area (Å²) in [5, 5.41) is -0.335. The van der Waals surface area contributed by atoms with Crippen molar-refractivity contribution in [3.05, 3.63) is 97.6 Å². The quantitative estimate of drug-likeness (QED) is 0.185. The van der Waals surface area contributed by atoms with Crippen LogP contribution >= 0.6 is 39.3 Å². The molecule has 0 atom stereocenters. The molecule has 4 rings (SSSR count). The number of rotatable bonds is 6. The van der Waals surface area contributed by atoms with Gasteiger partial charge in [0.25, 0.3) is 11.1 Å². The largest absolute Gasteiger partial charge is 0.493 e. The standard InChI is InChI=1S/C25H16BrClFNO5S/c1-33-21-10-14(6-9-20(21)34-24(31)17-4-2-3-5-18(17)26)11-22-23(30)29(25(32)35-22)13-15-7-8-16(28)12-19(15)27/h2-12H,13H2,1H3/b22-11-. The number of amides is 2. The van der Waals surface area contributed by atoms with Gasteiger partial charge in [-0.2, -0.15) is 0 Å². The number of hydrogen-bond acceptors (Lipinski definition) is 6. The van der Waals surface area contributed by atoms with Crippen molar-refractivity contribution >= 4 is 62.5 Å². The Morgan fingerprint density at radius 1 is 1.11 bits per heavy atom. The van der Waals surface area contributed by atoms with Gasteiger partial charge in [0.05, 0.1) is 24.1 Å². The first-order chi connectivity index (χ1) is 16.8. The Balaban J connectivity index is 1.53. The van der Waals surface area contributed by atoms with E-state index in [0.29, 0.717) is 21.2 Å².